The lowest BCUT2D eigenvalue weighted by Gasteiger charge is -2.21. The van der Waals surface area contributed by atoms with Gasteiger partial charge >= 0.3 is 0 Å². The Kier molecular flexibility index (Phi) is 5.11. The van der Waals surface area contributed by atoms with Gasteiger partial charge in [-0.2, -0.15) is 5.26 Å². The normalized spacial score (nSPS) is 15.3. The highest BCUT2D eigenvalue weighted by Crippen LogP contribution is 2.23. The summed E-state index contributed by atoms with van der Waals surface area (Å²) in [4.78, 5) is 16.8. The van der Waals surface area contributed by atoms with E-state index in [1.54, 1.807) is 12.1 Å². The van der Waals surface area contributed by atoms with Gasteiger partial charge in [0.05, 0.1) is 22.7 Å². The Balaban J connectivity index is 1.69. The molecular formula is C18H22N4O2. The van der Waals surface area contributed by atoms with Gasteiger partial charge in [0.25, 0.3) is 0 Å². The van der Waals surface area contributed by atoms with E-state index in [0.29, 0.717) is 30.4 Å². The van der Waals surface area contributed by atoms with Gasteiger partial charge in [-0.05, 0) is 50.3 Å². The predicted octanol–water partition coefficient (Wildman–Crippen LogP) is 3.07. The maximum atomic E-state index is 12.3. The number of amides is 1. The van der Waals surface area contributed by atoms with Crippen molar-refractivity contribution in [1.29, 1.82) is 5.26 Å². The highest BCUT2D eigenvalue weighted by Gasteiger charge is 2.17. The Hall–Kier alpha value is -2.39. The van der Waals surface area contributed by atoms with Crippen molar-refractivity contribution in [3.8, 4) is 6.07 Å². The fraction of sp³-hybridized carbons (Fsp3) is 0.500. The molecule has 0 bridgehead atoms. The summed E-state index contributed by atoms with van der Waals surface area (Å²) >= 11 is 0. The van der Waals surface area contributed by atoms with Crippen LogP contribution >= 0.6 is 0 Å². The van der Waals surface area contributed by atoms with E-state index in [-0.39, 0.29) is 5.91 Å². The molecule has 24 heavy (non-hydrogen) atoms. The summed E-state index contributed by atoms with van der Waals surface area (Å²) in [6.45, 7) is 4.33. The Bertz CT molecular complexity index is 769. The topological polar surface area (TPSA) is 79.9 Å². The highest BCUT2D eigenvalue weighted by atomic mass is 16.5. The second kappa shape index (κ2) is 7.45. The summed E-state index contributed by atoms with van der Waals surface area (Å²) in [6.07, 6.45) is 3.47. The van der Waals surface area contributed by atoms with Crippen LogP contribution < -0.4 is 5.32 Å². The largest absolute Gasteiger partial charge is 0.381 e. The minimum Gasteiger partial charge on any atom is -0.381 e. The zero-order valence-corrected chi connectivity index (χ0v) is 13.9. The molecule has 6 heteroatoms. The number of anilines is 1. The van der Waals surface area contributed by atoms with Crippen LogP contribution in [0.15, 0.2) is 18.2 Å². The molecule has 0 radical (unpaired) electrons. The van der Waals surface area contributed by atoms with E-state index in [4.69, 9.17) is 10.00 Å². The molecule has 1 aliphatic heterocycles. The number of hydrogen-bond acceptors (Lipinski definition) is 4. The molecule has 126 valence electrons. The number of nitrogens with zero attached hydrogens (tertiary/aromatic N) is 3. The summed E-state index contributed by atoms with van der Waals surface area (Å²) in [5.41, 5.74) is 2.23. The van der Waals surface area contributed by atoms with Crippen LogP contribution in [0.1, 0.15) is 38.2 Å². The van der Waals surface area contributed by atoms with Gasteiger partial charge in [0.15, 0.2) is 0 Å². The molecule has 6 nitrogen and oxygen atoms in total. The number of benzene rings is 1. The maximum absolute atomic E-state index is 12.3. The number of imidazole rings is 1. The number of nitriles is 1. The first-order valence-electron chi connectivity index (χ1n) is 8.49. The number of aryl methyl sites for hydroxylation is 1. The average Bonchev–Trinajstić information content (AvgIpc) is 2.96. The number of hydrogen-bond donors (Lipinski definition) is 1. The number of carbonyl (C=O) groups is 1. The van der Waals surface area contributed by atoms with Gasteiger partial charge in [0, 0.05) is 26.2 Å². The molecule has 1 aliphatic rings. The van der Waals surface area contributed by atoms with E-state index in [1.807, 2.05) is 17.6 Å². The quantitative estimate of drug-likeness (QED) is 0.915. The number of ether oxygens (including phenoxy) is 1. The molecule has 0 aliphatic carbocycles. The number of carbonyl (C=O) groups excluding carboxylic acids is 1. The van der Waals surface area contributed by atoms with Crippen LogP contribution in [0, 0.1) is 17.2 Å². The molecule has 2 heterocycles. The van der Waals surface area contributed by atoms with Gasteiger partial charge in [-0.25, -0.2) is 4.98 Å². The molecule has 0 atom stereocenters. The van der Waals surface area contributed by atoms with E-state index in [0.717, 1.165) is 43.5 Å². The first-order valence-corrected chi connectivity index (χ1v) is 8.49. The van der Waals surface area contributed by atoms with Crippen molar-refractivity contribution in [3.63, 3.8) is 0 Å². The minimum atomic E-state index is -0.00740. The summed E-state index contributed by atoms with van der Waals surface area (Å²) in [6, 6.07) is 7.51. The summed E-state index contributed by atoms with van der Waals surface area (Å²) in [5, 5.41) is 11.9. The van der Waals surface area contributed by atoms with Gasteiger partial charge < -0.3 is 9.30 Å². The van der Waals surface area contributed by atoms with Gasteiger partial charge in [-0.3, -0.25) is 10.1 Å². The van der Waals surface area contributed by atoms with Gasteiger partial charge in [0.1, 0.15) is 0 Å². The SMILES string of the molecule is CCn1c(NC(=O)CCC2CCOCC2)nc2cc(C#N)ccc21. The molecule has 1 aromatic carbocycles. The molecule has 3 rings (SSSR count). The third kappa shape index (κ3) is 3.57. The molecular weight excluding hydrogens is 304 g/mol. The maximum Gasteiger partial charge on any atom is 0.226 e. The van der Waals surface area contributed by atoms with E-state index in [9.17, 15) is 4.79 Å². The van der Waals surface area contributed by atoms with Crippen LogP contribution in [0.3, 0.4) is 0 Å². The third-order valence-corrected chi connectivity index (χ3v) is 4.57. The van der Waals surface area contributed by atoms with Crippen LogP contribution in [0.2, 0.25) is 0 Å². The average molecular weight is 326 g/mol. The molecule has 0 saturated carbocycles. The standard InChI is InChI=1S/C18H22N4O2/c1-2-22-16-5-3-14(12-19)11-15(16)20-18(22)21-17(23)6-4-13-7-9-24-10-8-13/h3,5,11,13H,2,4,6-10H2,1H3,(H,20,21,23). The number of aromatic nitrogens is 2. The van der Waals surface area contributed by atoms with E-state index < -0.39 is 0 Å². The van der Waals surface area contributed by atoms with Crippen molar-refractivity contribution < 1.29 is 9.53 Å². The zero-order chi connectivity index (χ0) is 16.9. The number of rotatable bonds is 5. The van der Waals surface area contributed by atoms with Crippen molar-refractivity contribution >= 4 is 22.9 Å². The smallest absolute Gasteiger partial charge is 0.226 e. The minimum absolute atomic E-state index is 0.00740. The highest BCUT2D eigenvalue weighted by molar-refractivity contribution is 5.91. The number of nitrogens with one attached hydrogen (secondary N) is 1. The lowest BCUT2D eigenvalue weighted by molar-refractivity contribution is -0.116. The first kappa shape index (κ1) is 16.5. The second-order valence-electron chi connectivity index (χ2n) is 6.14. The fourth-order valence-corrected chi connectivity index (χ4v) is 3.17. The van der Waals surface area contributed by atoms with Gasteiger partial charge in [-0.15, -0.1) is 0 Å². The summed E-state index contributed by atoms with van der Waals surface area (Å²) < 4.78 is 7.31. The lowest BCUT2D eigenvalue weighted by atomic mass is 9.95. The fourth-order valence-electron chi connectivity index (χ4n) is 3.17. The van der Waals surface area contributed by atoms with Crippen molar-refractivity contribution in [2.45, 2.75) is 39.2 Å². The lowest BCUT2D eigenvalue weighted by Crippen LogP contribution is -2.20. The molecule has 1 fully saturated rings. The molecule has 1 amide bonds. The van der Waals surface area contributed by atoms with Crippen LogP contribution in [-0.2, 0) is 16.1 Å². The monoisotopic (exact) mass is 326 g/mol. The Morgan fingerprint density at radius 1 is 1.46 bits per heavy atom. The van der Waals surface area contributed by atoms with Crippen LogP contribution in [0.4, 0.5) is 5.95 Å². The first-order chi connectivity index (χ1) is 11.7. The van der Waals surface area contributed by atoms with Crippen LogP contribution in [-0.4, -0.2) is 28.7 Å². The molecule has 1 aromatic heterocycles. The summed E-state index contributed by atoms with van der Waals surface area (Å²) in [7, 11) is 0. The molecule has 2 aromatic rings. The Labute approximate surface area is 141 Å². The van der Waals surface area contributed by atoms with Gasteiger partial charge in [0.2, 0.25) is 11.9 Å². The van der Waals surface area contributed by atoms with E-state index in [1.165, 1.54) is 0 Å². The zero-order valence-electron chi connectivity index (χ0n) is 13.9. The summed E-state index contributed by atoms with van der Waals surface area (Å²) in [5.74, 6) is 1.12. The van der Waals surface area contributed by atoms with Crippen LogP contribution in [0.25, 0.3) is 11.0 Å². The van der Waals surface area contributed by atoms with Crippen molar-refractivity contribution in [3.05, 3.63) is 23.8 Å². The second-order valence-corrected chi connectivity index (χ2v) is 6.14. The Morgan fingerprint density at radius 3 is 2.96 bits per heavy atom. The van der Waals surface area contributed by atoms with E-state index in [2.05, 4.69) is 16.4 Å². The van der Waals surface area contributed by atoms with Crippen molar-refractivity contribution in [2.24, 2.45) is 5.92 Å². The van der Waals surface area contributed by atoms with Crippen LogP contribution in [0.5, 0.6) is 0 Å². The number of fused-ring (bicyclic) bond motifs is 1. The van der Waals surface area contributed by atoms with E-state index >= 15 is 0 Å². The molecule has 1 saturated heterocycles. The molecule has 1 N–H and O–H groups in total. The van der Waals surface area contributed by atoms with Crippen molar-refractivity contribution in [2.75, 3.05) is 18.5 Å². The molecule has 0 unspecified atom stereocenters. The third-order valence-electron chi connectivity index (χ3n) is 4.57. The van der Waals surface area contributed by atoms with Gasteiger partial charge in [-0.1, -0.05) is 0 Å². The Morgan fingerprint density at radius 2 is 2.25 bits per heavy atom. The predicted molar refractivity (Wildman–Crippen MR) is 91.5 cm³/mol. The molecule has 0 spiro atoms. The van der Waals surface area contributed by atoms with Crippen molar-refractivity contribution in [1.82, 2.24) is 9.55 Å².